The van der Waals surface area contributed by atoms with Crippen LogP contribution >= 0.6 is 0 Å². The van der Waals surface area contributed by atoms with E-state index >= 15 is 0 Å². The number of hydrogen-bond acceptors (Lipinski definition) is 4. The van der Waals surface area contributed by atoms with Crippen LogP contribution in [-0.2, 0) is 20.8 Å². The summed E-state index contributed by atoms with van der Waals surface area (Å²) < 4.78 is 5.50. The third-order valence-corrected chi connectivity index (χ3v) is 4.69. The van der Waals surface area contributed by atoms with Crippen molar-refractivity contribution in [2.75, 3.05) is 23.4 Å². The Labute approximate surface area is 163 Å². The fourth-order valence-electron chi connectivity index (χ4n) is 3.04. The molecule has 0 radical (unpaired) electrons. The van der Waals surface area contributed by atoms with Crippen LogP contribution in [0.15, 0.2) is 48.5 Å². The predicted molar refractivity (Wildman–Crippen MR) is 106 cm³/mol. The van der Waals surface area contributed by atoms with Gasteiger partial charge in [0.2, 0.25) is 11.8 Å². The summed E-state index contributed by atoms with van der Waals surface area (Å²) in [6.45, 7) is 2.23. The van der Waals surface area contributed by atoms with Gasteiger partial charge in [-0.1, -0.05) is 19.1 Å². The quantitative estimate of drug-likeness (QED) is 0.767. The smallest absolute Gasteiger partial charge is 0.262 e. The third kappa shape index (κ3) is 4.68. The van der Waals surface area contributed by atoms with Gasteiger partial charge in [0.25, 0.3) is 5.91 Å². The van der Waals surface area contributed by atoms with Crippen LogP contribution in [0.5, 0.6) is 5.75 Å². The Kier molecular flexibility index (Phi) is 5.93. The Morgan fingerprint density at radius 2 is 1.82 bits per heavy atom. The molecule has 0 spiro atoms. The van der Waals surface area contributed by atoms with Crippen LogP contribution in [0, 0.1) is 5.92 Å². The first-order valence-corrected chi connectivity index (χ1v) is 9.17. The van der Waals surface area contributed by atoms with E-state index in [1.54, 1.807) is 24.3 Å². The summed E-state index contributed by atoms with van der Waals surface area (Å²) >= 11 is 0. The fraction of sp³-hybridized carbons (Fsp3) is 0.286. The number of nitrogens with one attached hydrogen (secondary N) is 1. The Hall–Kier alpha value is -3.35. The van der Waals surface area contributed by atoms with Gasteiger partial charge in [-0.15, -0.1) is 0 Å². The van der Waals surface area contributed by atoms with E-state index in [4.69, 9.17) is 10.5 Å². The molecule has 7 nitrogen and oxygen atoms in total. The van der Waals surface area contributed by atoms with Crippen molar-refractivity contribution in [3.8, 4) is 5.75 Å². The van der Waals surface area contributed by atoms with Crippen molar-refractivity contribution in [3.05, 3.63) is 54.1 Å². The van der Waals surface area contributed by atoms with Gasteiger partial charge in [-0.3, -0.25) is 14.4 Å². The van der Waals surface area contributed by atoms with E-state index in [0.29, 0.717) is 11.4 Å². The van der Waals surface area contributed by atoms with Crippen LogP contribution in [0.2, 0.25) is 0 Å². The second kappa shape index (κ2) is 8.56. The number of ether oxygens (including phenoxy) is 1. The Morgan fingerprint density at radius 3 is 2.39 bits per heavy atom. The highest BCUT2D eigenvalue weighted by Gasteiger charge is 2.33. The molecule has 28 heavy (non-hydrogen) atoms. The van der Waals surface area contributed by atoms with E-state index < -0.39 is 11.8 Å². The number of rotatable bonds is 7. The molecule has 0 bridgehead atoms. The van der Waals surface area contributed by atoms with Gasteiger partial charge >= 0.3 is 0 Å². The molecular weight excluding hydrogens is 358 g/mol. The summed E-state index contributed by atoms with van der Waals surface area (Å²) in [6, 6.07) is 14.5. The minimum Gasteiger partial charge on any atom is -0.484 e. The van der Waals surface area contributed by atoms with Crippen molar-refractivity contribution in [2.45, 2.75) is 19.8 Å². The minimum atomic E-state index is -0.467. The summed E-state index contributed by atoms with van der Waals surface area (Å²) in [5.41, 5.74) is 7.88. The number of carbonyl (C=O) groups is 3. The van der Waals surface area contributed by atoms with Gasteiger partial charge < -0.3 is 20.7 Å². The van der Waals surface area contributed by atoms with Crippen molar-refractivity contribution in [1.29, 1.82) is 0 Å². The molecule has 0 aromatic heterocycles. The largest absolute Gasteiger partial charge is 0.484 e. The average Bonchev–Trinajstić information content (AvgIpc) is 3.09. The summed E-state index contributed by atoms with van der Waals surface area (Å²) in [5.74, 6) is -0.804. The first kappa shape index (κ1) is 19.4. The minimum absolute atomic E-state index is 0.124. The Bertz CT molecular complexity index is 862. The summed E-state index contributed by atoms with van der Waals surface area (Å²) in [5, 5.41) is 2.78. The second-order valence-electron chi connectivity index (χ2n) is 6.69. The number of primary amides is 1. The topological polar surface area (TPSA) is 102 Å². The number of benzene rings is 2. The molecule has 2 aromatic carbocycles. The third-order valence-electron chi connectivity index (χ3n) is 4.69. The number of nitrogens with zero attached hydrogens (tertiary/aromatic N) is 1. The molecule has 1 aliphatic rings. The van der Waals surface area contributed by atoms with Crippen molar-refractivity contribution in [3.63, 3.8) is 0 Å². The normalized spacial score (nSPS) is 16.1. The number of anilines is 2. The monoisotopic (exact) mass is 381 g/mol. The number of hydrogen-bond donors (Lipinski definition) is 2. The molecule has 3 amide bonds. The molecule has 1 heterocycles. The molecule has 7 heteroatoms. The molecule has 1 aliphatic heterocycles. The zero-order valence-electron chi connectivity index (χ0n) is 15.7. The van der Waals surface area contributed by atoms with Crippen LogP contribution in [-0.4, -0.2) is 30.9 Å². The Balaban J connectivity index is 1.52. The zero-order chi connectivity index (χ0) is 20.1. The van der Waals surface area contributed by atoms with E-state index in [1.165, 1.54) is 10.5 Å². The maximum atomic E-state index is 12.0. The molecule has 3 rings (SSSR count). The number of carbonyl (C=O) groups excluding carboxylic acids is 3. The van der Waals surface area contributed by atoms with Crippen LogP contribution in [0.1, 0.15) is 18.9 Å². The summed E-state index contributed by atoms with van der Waals surface area (Å²) in [7, 11) is 0. The SMILES string of the molecule is CCc1ccc(NC(=O)COc2ccc(N3C[C@H](C(N)=O)CC3=O)cc2)cc1. The molecule has 0 unspecified atom stereocenters. The van der Waals surface area contributed by atoms with Crippen molar-refractivity contribution in [2.24, 2.45) is 11.7 Å². The van der Waals surface area contributed by atoms with Crippen molar-refractivity contribution < 1.29 is 19.1 Å². The van der Waals surface area contributed by atoms with E-state index in [1.807, 2.05) is 24.3 Å². The average molecular weight is 381 g/mol. The predicted octanol–water partition coefficient (Wildman–Crippen LogP) is 2.10. The molecule has 1 fully saturated rings. The van der Waals surface area contributed by atoms with Crippen LogP contribution in [0.4, 0.5) is 11.4 Å². The van der Waals surface area contributed by atoms with E-state index in [0.717, 1.165) is 12.1 Å². The van der Waals surface area contributed by atoms with E-state index in [2.05, 4.69) is 12.2 Å². The van der Waals surface area contributed by atoms with Gasteiger partial charge in [-0.25, -0.2) is 0 Å². The highest BCUT2D eigenvalue weighted by atomic mass is 16.5. The van der Waals surface area contributed by atoms with Gasteiger partial charge in [0.15, 0.2) is 6.61 Å². The van der Waals surface area contributed by atoms with Crippen LogP contribution in [0.25, 0.3) is 0 Å². The second-order valence-corrected chi connectivity index (χ2v) is 6.69. The molecule has 3 N–H and O–H groups in total. The van der Waals surface area contributed by atoms with Gasteiger partial charge in [-0.2, -0.15) is 0 Å². The first-order chi connectivity index (χ1) is 13.5. The molecule has 0 aliphatic carbocycles. The lowest BCUT2D eigenvalue weighted by Gasteiger charge is -2.16. The van der Waals surface area contributed by atoms with E-state index in [-0.39, 0.29) is 31.4 Å². The van der Waals surface area contributed by atoms with Crippen molar-refractivity contribution >= 4 is 29.1 Å². The standard InChI is InChI=1S/C21H23N3O4/c1-2-14-3-5-16(6-4-14)23-19(25)13-28-18-9-7-17(8-10-18)24-12-15(21(22)27)11-20(24)26/h3-10,15H,2,11-13H2,1H3,(H2,22,27)(H,23,25)/t15-/m1/s1. The number of amides is 3. The summed E-state index contributed by atoms with van der Waals surface area (Å²) in [4.78, 5) is 36.9. The molecular formula is C21H23N3O4. The molecule has 2 aromatic rings. The molecule has 146 valence electrons. The number of aryl methyl sites for hydroxylation is 1. The zero-order valence-corrected chi connectivity index (χ0v) is 15.7. The van der Waals surface area contributed by atoms with Crippen molar-refractivity contribution in [1.82, 2.24) is 0 Å². The lowest BCUT2D eigenvalue weighted by molar-refractivity contribution is -0.123. The van der Waals surface area contributed by atoms with Crippen LogP contribution in [0.3, 0.4) is 0 Å². The van der Waals surface area contributed by atoms with Gasteiger partial charge in [0.05, 0.1) is 5.92 Å². The lowest BCUT2D eigenvalue weighted by Crippen LogP contribution is -2.28. The molecule has 1 atom stereocenters. The summed E-state index contributed by atoms with van der Waals surface area (Å²) in [6.07, 6.45) is 1.08. The van der Waals surface area contributed by atoms with Crippen LogP contribution < -0.4 is 20.7 Å². The van der Waals surface area contributed by atoms with Gasteiger partial charge in [0, 0.05) is 24.3 Å². The Morgan fingerprint density at radius 1 is 1.14 bits per heavy atom. The van der Waals surface area contributed by atoms with Gasteiger partial charge in [-0.05, 0) is 48.4 Å². The maximum absolute atomic E-state index is 12.0. The number of nitrogens with two attached hydrogens (primary N) is 1. The maximum Gasteiger partial charge on any atom is 0.262 e. The molecule has 1 saturated heterocycles. The lowest BCUT2D eigenvalue weighted by atomic mass is 10.1. The van der Waals surface area contributed by atoms with E-state index in [9.17, 15) is 14.4 Å². The first-order valence-electron chi connectivity index (χ1n) is 9.17. The highest BCUT2D eigenvalue weighted by Crippen LogP contribution is 2.26. The highest BCUT2D eigenvalue weighted by molar-refractivity contribution is 6.00. The molecule has 0 saturated carbocycles. The van der Waals surface area contributed by atoms with Gasteiger partial charge in [0.1, 0.15) is 5.75 Å². The fourth-order valence-corrected chi connectivity index (χ4v) is 3.04.